The minimum Gasteiger partial charge on any atom is -0.481 e. The standard InChI is InChI=1S/C13H14ClNO2/c1-13(2,12(16)17)6-8-3-4-9-10(14)7-15-11(9)5-8/h3-5,7,15H,6H2,1-2H3,(H,16,17). The van der Waals surface area contributed by atoms with Gasteiger partial charge >= 0.3 is 5.97 Å². The Balaban J connectivity index is 2.34. The zero-order chi connectivity index (χ0) is 12.6. The maximum Gasteiger partial charge on any atom is 0.309 e. The number of benzene rings is 1. The number of aliphatic carboxylic acids is 1. The SMILES string of the molecule is CC(C)(Cc1ccc2c(Cl)c[nH]c2c1)C(=O)O. The van der Waals surface area contributed by atoms with E-state index in [-0.39, 0.29) is 0 Å². The van der Waals surface area contributed by atoms with Crippen LogP contribution >= 0.6 is 11.6 Å². The monoisotopic (exact) mass is 251 g/mol. The lowest BCUT2D eigenvalue weighted by molar-refractivity contribution is -0.146. The Morgan fingerprint density at radius 1 is 1.47 bits per heavy atom. The minimum atomic E-state index is -0.790. The summed E-state index contributed by atoms with van der Waals surface area (Å²) in [6.07, 6.45) is 2.23. The predicted octanol–water partition coefficient (Wildman–Crippen LogP) is 3.47. The van der Waals surface area contributed by atoms with Gasteiger partial charge in [0.15, 0.2) is 0 Å². The van der Waals surface area contributed by atoms with Crippen LogP contribution < -0.4 is 0 Å². The summed E-state index contributed by atoms with van der Waals surface area (Å²) in [6.45, 7) is 3.45. The molecule has 0 saturated carbocycles. The number of hydrogen-bond donors (Lipinski definition) is 2. The van der Waals surface area contributed by atoms with Crippen LogP contribution in [0.25, 0.3) is 10.9 Å². The number of halogens is 1. The van der Waals surface area contributed by atoms with Crippen molar-refractivity contribution >= 4 is 28.5 Å². The fraction of sp³-hybridized carbons (Fsp3) is 0.308. The molecule has 1 heterocycles. The third kappa shape index (κ3) is 2.29. The minimum absolute atomic E-state index is 0.495. The molecule has 17 heavy (non-hydrogen) atoms. The molecule has 0 bridgehead atoms. The van der Waals surface area contributed by atoms with Crippen molar-refractivity contribution in [2.45, 2.75) is 20.3 Å². The second-order valence-corrected chi connectivity index (χ2v) is 5.29. The van der Waals surface area contributed by atoms with Gasteiger partial charge in [-0.05, 0) is 31.9 Å². The Hall–Kier alpha value is -1.48. The Bertz CT molecular complexity index is 572. The zero-order valence-electron chi connectivity index (χ0n) is 9.75. The molecule has 0 spiro atoms. The first-order chi connectivity index (χ1) is 7.90. The lowest BCUT2D eigenvalue weighted by Crippen LogP contribution is -2.26. The Kier molecular flexibility index (Phi) is 2.87. The normalized spacial score (nSPS) is 11.9. The van der Waals surface area contributed by atoms with Crippen molar-refractivity contribution < 1.29 is 9.90 Å². The molecule has 1 aromatic heterocycles. The van der Waals surface area contributed by atoms with Gasteiger partial charge in [0.25, 0.3) is 0 Å². The van der Waals surface area contributed by atoms with Gasteiger partial charge in [-0.3, -0.25) is 4.79 Å². The molecule has 0 fully saturated rings. The van der Waals surface area contributed by atoms with Crippen LogP contribution in [0, 0.1) is 5.41 Å². The highest BCUT2D eigenvalue weighted by Crippen LogP contribution is 2.27. The van der Waals surface area contributed by atoms with Crippen LogP contribution in [0.3, 0.4) is 0 Å². The molecule has 2 aromatic rings. The molecule has 1 aromatic carbocycles. The molecule has 2 rings (SSSR count). The van der Waals surface area contributed by atoms with Crippen molar-refractivity contribution in [2.75, 3.05) is 0 Å². The van der Waals surface area contributed by atoms with Crippen LogP contribution in [0.2, 0.25) is 5.02 Å². The summed E-state index contributed by atoms with van der Waals surface area (Å²) in [6, 6.07) is 5.79. The van der Waals surface area contributed by atoms with Gasteiger partial charge in [-0.1, -0.05) is 23.7 Å². The third-order valence-corrected chi connectivity index (χ3v) is 3.23. The van der Waals surface area contributed by atoms with Crippen LogP contribution in [0.1, 0.15) is 19.4 Å². The molecular formula is C13H14ClNO2. The first-order valence-corrected chi connectivity index (χ1v) is 5.77. The van der Waals surface area contributed by atoms with Gasteiger partial charge in [0, 0.05) is 17.1 Å². The summed E-state index contributed by atoms with van der Waals surface area (Å²) < 4.78 is 0. The van der Waals surface area contributed by atoms with E-state index in [9.17, 15) is 4.79 Å². The van der Waals surface area contributed by atoms with E-state index in [1.165, 1.54) is 0 Å². The average Bonchev–Trinajstić information content (AvgIpc) is 2.59. The van der Waals surface area contributed by atoms with Gasteiger partial charge in [0.2, 0.25) is 0 Å². The van der Waals surface area contributed by atoms with E-state index in [2.05, 4.69) is 4.98 Å². The van der Waals surface area contributed by atoms with Crippen molar-refractivity contribution in [2.24, 2.45) is 5.41 Å². The maximum atomic E-state index is 11.1. The Morgan fingerprint density at radius 3 is 2.82 bits per heavy atom. The first kappa shape index (κ1) is 12.0. The van der Waals surface area contributed by atoms with Crippen molar-refractivity contribution in [1.29, 1.82) is 0 Å². The summed E-state index contributed by atoms with van der Waals surface area (Å²) in [7, 11) is 0. The number of hydrogen-bond acceptors (Lipinski definition) is 1. The molecule has 0 radical (unpaired) electrons. The number of H-pyrrole nitrogens is 1. The second-order valence-electron chi connectivity index (χ2n) is 4.88. The Morgan fingerprint density at radius 2 is 2.18 bits per heavy atom. The third-order valence-electron chi connectivity index (χ3n) is 2.92. The topological polar surface area (TPSA) is 53.1 Å². The van der Waals surface area contributed by atoms with Gasteiger partial charge in [-0.15, -0.1) is 0 Å². The number of rotatable bonds is 3. The van der Waals surface area contributed by atoms with Crippen molar-refractivity contribution in [1.82, 2.24) is 4.98 Å². The lowest BCUT2D eigenvalue weighted by atomic mass is 9.86. The first-order valence-electron chi connectivity index (χ1n) is 5.39. The van der Waals surface area contributed by atoms with Crippen LogP contribution in [-0.2, 0) is 11.2 Å². The largest absolute Gasteiger partial charge is 0.481 e. The molecule has 0 aliphatic heterocycles. The highest BCUT2D eigenvalue weighted by atomic mass is 35.5. The van der Waals surface area contributed by atoms with Crippen LogP contribution in [-0.4, -0.2) is 16.1 Å². The van der Waals surface area contributed by atoms with E-state index in [1.807, 2.05) is 18.2 Å². The van der Waals surface area contributed by atoms with Crippen molar-refractivity contribution in [3.05, 3.63) is 35.0 Å². The van der Waals surface area contributed by atoms with E-state index in [4.69, 9.17) is 16.7 Å². The lowest BCUT2D eigenvalue weighted by Gasteiger charge is -2.18. The van der Waals surface area contributed by atoms with E-state index in [0.717, 1.165) is 16.5 Å². The average molecular weight is 252 g/mol. The van der Waals surface area contributed by atoms with Crippen LogP contribution in [0.4, 0.5) is 0 Å². The van der Waals surface area contributed by atoms with E-state index in [1.54, 1.807) is 20.0 Å². The van der Waals surface area contributed by atoms with Crippen LogP contribution in [0.15, 0.2) is 24.4 Å². The molecule has 0 unspecified atom stereocenters. The number of fused-ring (bicyclic) bond motifs is 1. The van der Waals surface area contributed by atoms with E-state index in [0.29, 0.717) is 11.4 Å². The zero-order valence-corrected chi connectivity index (χ0v) is 10.5. The highest BCUT2D eigenvalue weighted by molar-refractivity contribution is 6.35. The van der Waals surface area contributed by atoms with Gasteiger partial charge in [0.05, 0.1) is 10.4 Å². The maximum absolute atomic E-state index is 11.1. The molecule has 0 aliphatic carbocycles. The summed E-state index contributed by atoms with van der Waals surface area (Å²) in [5, 5.41) is 10.7. The molecular weight excluding hydrogens is 238 g/mol. The number of carbonyl (C=O) groups is 1. The number of carboxylic acid groups (broad SMARTS) is 1. The molecule has 0 amide bonds. The van der Waals surface area contributed by atoms with Crippen LogP contribution in [0.5, 0.6) is 0 Å². The molecule has 3 nitrogen and oxygen atoms in total. The smallest absolute Gasteiger partial charge is 0.309 e. The van der Waals surface area contributed by atoms with Gasteiger partial charge in [-0.25, -0.2) is 0 Å². The molecule has 0 aliphatic rings. The summed E-state index contributed by atoms with van der Waals surface area (Å²) in [5.41, 5.74) is 1.17. The van der Waals surface area contributed by atoms with E-state index < -0.39 is 11.4 Å². The fourth-order valence-corrected chi connectivity index (χ4v) is 2.05. The van der Waals surface area contributed by atoms with Crippen molar-refractivity contribution in [3.8, 4) is 0 Å². The predicted molar refractivity (Wildman–Crippen MR) is 68.4 cm³/mol. The van der Waals surface area contributed by atoms with Gasteiger partial charge < -0.3 is 10.1 Å². The highest BCUT2D eigenvalue weighted by Gasteiger charge is 2.27. The summed E-state index contributed by atoms with van der Waals surface area (Å²) in [4.78, 5) is 14.1. The Labute approximate surface area is 104 Å². The molecule has 0 saturated heterocycles. The number of nitrogens with one attached hydrogen (secondary N) is 1. The summed E-state index contributed by atoms with van der Waals surface area (Å²) in [5.74, 6) is -0.790. The van der Waals surface area contributed by atoms with E-state index >= 15 is 0 Å². The van der Waals surface area contributed by atoms with Gasteiger partial charge in [-0.2, -0.15) is 0 Å². The van der Waals surface area contributed by atoms with Gasteiger partial charge in [0.1, 0.15) is 0 Å². The number of aromatic nitrogens is 1. The molecule has 90 valence electrons. The number of aromatic amines is 1. The molecule has 2 N–H and O–H groups in total. The number of carboxylic acids is 1. The quantitative estimate of drug-likeness (QED) is 0.878. The molecule has 0 atom stereocenters. The molecule has 4 heteroatoms. The summed E-state index contributed by atoms with van der Waals surface area (Å²) >= 11 is 5.98. The van der Waals surface area contributed by atoms with Crippen molar-refractivity contribution in [3.63, 3.8) is 0 Å². The fourth-order valence-electron chi connectivity index (χ4n) is 1.83. The second kappa shape index (κ2) is 4.08.